The first kappa shape index (κ1) is 21.7. The highest BCUT2D eigenvalue weighted by molar-refractivity contribution is 7.99. The molecule has 0 saturated heterocycles. The number of nitriles is 1. The fourth-order valence-electron chi connectivity index (χ4n) is 4.09. The van der Waals surface area contributed by atoms with E-state index >= 15 is 0 Å². The molecule has 0 saturated carbocycles. The third-order valence-electron chi connectivity index (χ3n) is 5.72. The Balaban J connectivity index is 1.72. The number of methoxy groups -OCH3 is 2. The first-order valence-corrected chi connectivity index (χ1v) is 12.1. The summed E-state index contributed by atoms with van der Waals surface area (Å²) < 4.78 is 12.5. The summed E-state index contributed by atoms with van der Waals surface area (Å²) in [6.07, 6.45) is 3.71. The number of thiophene rings is 1. The fourth-order valence-corrected chi connectivity index (χ4v) is 6.20. The molecule has 6 nitrogen and oxygen atoms in total. The molecular formula is C23H25N3O3S2. The molecule has 1 atom stereocenters. The van der Waals surface area contributed by atoms with Gasteiger partial charge in [0.15, 0.2) is 16.7 Å². The van der Waals surface area contributed by atoms with E-state index in [4.69, 9.17) is 19.7 Å². The third kappa shape index (κ3) is 4.30. The van der Waals surface area contributed by atoms with Crippen molar-refractivity contribution in [2.45, 2.75) is 44.3 Å². The van der Waals surface area contributed by atoms with Crippen LogP contribution in [0.1, 0.15) is 29.3 Å². The standard InChI is InChI=1S/C23H25N3O3S2/c1-14-4-6-16-19(12-14)31-21-20(16)22(27)26(23(25-21)30-11-9-24)10-8-15-5-7-17(28-2)18(13-15)29-3/h5,7,13-14H,4,6,8,10-12H2,1-3H3. The number of aryl methyl sites for hydroxylation is 2. The zero-order chi connectivity index (χ0) is 22.0. The third-order valence-corrected chi connectivity index (χ3v) is 7.71. The summed E-state index contributed by atoms with van der Waals surface area (Å²) in [5.74, 6) is 2.24. The average Bonchev–Trinajstić information content (AvgIpc) is 3.14. The van der Waals surface area contributed by atoms with Gasteiger partial charge in [0, 0.05) is 11.4 Å². The Bertz CT molecular complexity index is 1210. The monoisotopic (exact) mass is 455 g/mol. The summed E-state index contributed by atoms with van der Waals surface area (Å²) in [5, 5.41) is 10.5. The largest absolute Gasteiger partial charge is 0.493 e. The summed E-state index contributed by atoms with van der Waals surface area (Å²) in [6.45, 7) is 2.75. The van der Waals surface area contributed by atoms with Crippen molar-refractivity contribution in [2.24, 2.45) is 5.92 Å². The minimum atomic E-state index is 0.0120. The van der Waals surface area contributed by atoms with Crippen LogP contribution in [0.15, 0.2) is 28.2 Å². The van der Waals surface area contributed by atoms with E-state index in [2.05, 4.69) is 13.0 Å². The second-order valence-electron chi connectivity index (χ2n) is 7.77. The molecule has 162 valence electrons. The van der Waals surface area contributed by atoms with Gasteiger partial charge in [-0.25, -0.2) is 4.98 Å². The van der Waals surface area contributed by atoms with Crippen LogP contribution in [0.4, 0.5) is 0 Å². The summed E-state index contributed by atoms with van der Waals surface area (Å²) in [4.78, 5) is 20.5. The minimum absolute atomic E-state index is 0.0120. The van der Waals surface area contributed by atoms with E-state index in [-0.39, 0.29) is 11.3 Å². The molecule has 0 N–H and O–H groups in total. The lowest BCUT2D eigenvalue weighted by molar-refractivity contribution is 0.354. The van der Waals surface area contributed by atoms with Gasteiger partial charge in [-0.05, 0) is 54.9 Å². The predicted molar refractivity (Wildman–Crippen MR) is 125 cm³/mol. The highest BCUT2D eigenvalue weighted by Gasteiger charge is 2.24. The molecule has 4 rings (SSSR count). The van der Waals surface area contributed by atoms with E-state index in [9.17, 15) is 4.79 Å². The van der Waals surface area contributed by atoms with E-state index in [0.717, 1.165) is 35.0 Å². The molecule has 8 heteroatoms. The SMILES string of the molecule is COc1ccc(CCn2c(SCC#N)nc3sc4c(c3c2=O)CCC(C)C4)cc1OC. The number of hydrogen-bond acceptors (Lipinski definition) is 7. The number of rotatable bonds is 7. The van der Waals surface area contributed by atoms with E-state index < -0.39 is 0 Å². The minimum Gasteiger partial charge on any atom is -0.493 e. The molecule has 0 amide bonds. The van der Waals surface area contributed by atoms with Crippen LogP contribution < -0.4 is 15.0 Å². The summed E-state index contributed by atoms with van der Waals surface area (Å²) in [6, 6.07) is 7.94. The Morgan fingerprint density at radius 1 is 1.32 bits per heavy atom. The summed E-state index contributed by atoms with van der Waals surface area (Å²) in [7, 11) is 3.22. The zero-order valence-electron chi connectivity index (χ0n) is 17.9. The number of fused-ring (bicyclic) bond motifs is 3. The molecule has 1 aromatic carbocycles. The number of ether oxygens (including phenoxy) is 2. The van der Waals surface area contributed by atoms with E-state index in [1.807, 2.05) is 18.2 Å². The molecule has 1 unspecified atom stereocenters. The molecule has 3 aromatic rings. The molecule has 0 aliphatic heterocycles. The lowest BCUT2D eigenvalue weighted by Crippen LogP contribution is -2.25. The Morgan fingerprint density at radius 2 is 2.13 bits per heavy atom. The van der Waals surface area contributed by atoms with Crippen molar-refractivity contribution >= 4 is 33.3 Å². The van der Waals surface area contributed by atoms with Gasteiger partial charge >= 0.3 is 0 Å². The topological polar surface area (TPSA) is 77.1 Å². The van der Waals surface area contributed by atoms with Crippen molar-refractivity contribution in [1.29, 1.82) is 5.26 Å². The van der Waals surface area contributed by atoms with Crippen LogP contribution >= 0.6 is 23.1 Å². The normalized spacial score (nSPS) is 15.5. The van der Waals surface area contributed by atoms with Gasteiger partial charge in [-0.3, -0.25) is 9.36 Å². The van der Waals surface area contributed by atoms with Crippen LogP contribution in [-0.2, 0) is 25.8 Å². The predicted octanol–water partition coefficient (Wildman–Crippen LogP) is 4.46. The smallest absolute Gasteiger partial charge is 0.263 e. The van der Waals surface area contributed by atoms with Crippen molar-refractivity contribution < 1.29 is 9.47 Å². The van der Waals surface area contributed by atoms with Gasteiger partial charge in [-0.2, -0.15) is 5.26 Å². The zero-order valence-corrected chi connectivity index (χ0v) is 19.6. The van der Waals surface area contributed by atoms with Crippen LogP contribution in [0.5, 0.6) is 11.5 Å². The number of aromatic nitrogens is 2. The maximum absolute atomic E-state index is 13.6. The number of benzene rings is 1. The Labute approximate surface area is 189 Å². The van der Waals surface area contributed by atoms with Gasteiger partial charge in [0.05, 0.1) is 31.4 Å². The summed E-state index contributed by atoms with van der Waals surface area (Å²) in [5.41, 5.74) is 2.24. The van der Waals surface area contributed by atoms with Crippen molar-refractivity contribution in [2.75, 3.05) is 20.0 Å². The van der Waals surface area contributed by atoms with Crippen LogP contribution in [0.3, 0.4) is 0 Å². The van der Waals surface area contributed by atoms with Gasteiger partial charge in [0.1, 0.15) is 4.83 Å². The first-order valence-electron chi connectivity index (χ1n) is 10.3. The Hall–Kier alpha value is -2.50. The number of nitrogens with zero attached hydrogens (tertiary/aromatic N) is 3. The van der Waals surface area contributed by atoms with E-state index in [0.29, 0.717) is 35.5 Å². The van der Waals surface area contributed by atoms with Crippen molar-refractivity contribution in [3.8, 4) is 17.6 Å². The molecule has 31 heavy (non-hydrogen) atoms. The van der Waals surface area contributed by atoms with Crippen LogP contribution in [-0.4, -0.2) is 29.5 Å². The molecule has 2 aromatic heterocycles. The second kappa shape index (κ2) is 9.33. The number of hydrogen-bond donors (Lipinski definition) is 0. The highest BCUT2D eigenvalue weighted by Crippen LogP contribution is 2.36. The molecule has 0 bridgehead atoms. The lowest BCUT2D eigenvalue weighted by Gasteiger charge is -2.17. The van der Waals surface area contributed by atoms with Crippen LogP contribution in [0.2, 0.25) is 0 Å². The van der Waals surface area contributed by atoms with E-state index in [1.54, 1.807) is 30.1 Å². The Kier molecular flexibility index (Phi) is 6.54. The molecule has 2 heterocycles. The van der Waals surface area contributed by atoms with Gasteiger partial charge in [0.2, 0.25) is 0 Å². The van der Waals surface area contributed by atoms with Crippen molar-refractivity contribution in [3.63, 3.8) is 0 Å². The molecular weight excluding hydrogens is 430 g/mol. The van der Waals surface area contributed by atoms with Gasteiger partial charge in [0.25, 0.3) is 5.56 Å². The average molecular weight is 456 g/mol. The Morgan fingerprint density at radius 3 is 2.87 bits per heavy atom. The maximum Gasteiger partial charge on any atom is 0.263 e. The van der Waals surface area contributed by atoms with E-state index in [1.165, 1.54) is 22.2 Å². The lowest BCUT2D eigenvalue weighted by atomic mass is 9.89. The fraction of sp³-hybridized carbons (Fsp3) is 0.435. The summed E-state index contributed by atoms with van der Waals surface area (Å²) >= 11 is 2.97. The van der Waals surface area contributed by atoms with Crippen molar-refractivity contribution in [3.05, 3.63) is 44.6 Å². The highest BCUT2D eigenvalue weighted by atomic mass is 32.2. The molecule has 1 aliphatic carbocycles. The molecule has 1 aliphatic rings. The first-order chi connectivity index (χ1) is 15.0. The van der Waals surface area contributed by atoms with Gasteiger partial charge in [-0.1, -0.05) is 24.8 Å². The number of thioether (sulfide) groups is 1. The molecule has 0 spiro atoms. The van der Waals surface area contributed by atoms with Crippen molar-refractivity contribution in [1.82, 2.24) is 9.55 Å². The van der Waals surface area contributed by atoms with Gasteiger partial charge in [-0.15, -0.1) is 11.3 Å². The second-order valence-corrected chi connectivity index (χ2v) is 9.80. The van der Waals surface area contributed by atoms with Crippen LogP contribution in [0.25, 0.3) is 10.2 Å². The van der Waals surface area contributed by atoms with Crippen LogP contribution in [0, 0.1) is 17.2 Å². The molecule has 0 radical (unpaired) electrons. The van der Waals surface area contributed by atoms with Gasteiger partial charge < -0.3 is 9.47 Å². The molecule has 0 fully saturated rings. The quantitative estimate of drug-likeness (QED) is 0.387. The maximum atomic E-state index is 13.6.